The van der Waals surface area contributed by atoms with Gasteiger partial charge in [0, 0.05) is 32.9 Å². The molecule has 0 bridgehead atoms. The van der Waals surface area contributed by atoms with Crippen LogP contribution in [0.4, 0.5) is 0 Å². The van der Waals surface area contributed by atoms with E-state index in [1.807, 2.05) is 97.1 Å². The average Bonchev–Trinajstić information content (AvgIpc) is 3.82. The molecule has 250 valence electrons. The van der Waals surface area contributed by atoms with Crippen LogP contribution in [0.2, 0.25) is 0 Å². The topological polar surface area (TPSA) is 33.6 Å². The Morgan fingerprint density at radius 2 is 0.964 bits per heavy atom. The summed E-state index contributed by atoms with van der Waals surface area (Å²) in [6.07, 6.45) is 0. The van der Waals surface area contributed by atoms with Crippen molar-refractivity contribution in [3.8, 4) is 39.7 Å². The fourth-order valence-corrected chi connectivity index (χ4v) is 9.99. The smallest absolute Gasteiger partial charge is 0.244 e. The van der Waals surface area contributed by atoms with Gasteiger partial charge in [-0.15, -0.1) is 0 Å². The van der Waals surface area contributed by atoms with Crippen molar-refractivity contribution < 1.29 is 13.7 Å². The zero-order chi connectivity index (χ0) is 44.6. The van der Waals surface area contributed by atoms with E-state index in [2.05, 4.69) is 18.2 Å². The van der Waals surface area contributed by atoms with Crippen molar-refractivity contribution in [2.45, 2.75) is 0 Å². The SMILES string of the molecule is [2H]c1c([2H])c([2H])c(-n2c3ccccc3c3c4c5c(cccc5cc32)B2c3c-4cc(C#N)cc3-c3c4c2cccc4cc2c3c3ccccc3n2-c2c([2H])c([2H])c([2H])c([2H])c2[2H])c([2H])c1[2H]. The quantitative estimate of drug-likeness (QED) is 0.165. The standard InChI is InChI=1S/C51H28BN3/c53-29-30-25-37-49-45-31(27-43-47(49)35-19-7-9-23-41(35)54(43)33-15-3-1-4-16-33)13-11-21-39(45)52-40-22-12-14-32-28-44-48(50(46(32)40)38(26-30)51(37)52)36-20-8-10-24-42(36)55(44)34-17-5-2-6-18-34/h1-28H/i1D,2D,3D,4D,5D,6D,15D,16D,17D,18D. The van der Waals surface area contributed by atoms with Crippen LogP contribution in [0.15, 0.2) is 170 Å². The van der Waals surface area contributed by atoms with Crippen LogP contribution in [0, 0.1) is 11.3 Å². The highest BCUT2D eigenvalue weighted by Crippen LogP contribution is 2.49. The first-order valence-electron chi connectivity index (χ1n) is 23.1. The lowest BCUT2D eigenvalue weighted by Crippen LogP contribution is -2.57. The lowest BCUT2D eigenvalue weighted by atomic mass is 9.31. The molecule has 0 aliphatic carbocycles. The maximum Gasteiger partial charge on any atom is 0.244 e. The van der Waals surface area contributed by atoms with E-state index in [4.69, 9.17) is 13.7 Å². The average molecular weight is 704 g/mol. The predicted octanol–water partition coefficient (Wildman–Crippen LogP) is 10.5. The number of nitrogens with zero attached hydrogens (tertiary/aromatic N) is 3. The lowest BCUT2D eigenvalue weighted by molar-refractivity contribution is 1.18. The zero-order valence-corrected chi connectivity index (χ0v) is 28.8. The minimum Gasteiger partial charge on any atom is -0.309 e. The zero-order valence-electron chi connectivity index (χ0n) is 38.8. The van der Waals surface area contributed by atoms with E-state index in [0.717, 1.165) is 81.7 Å². The second kappa shape index (κ2) is 10.4. The molecule has 0 radical (unpaired) electrons. The van der Waals surface area contributed by atoms with Gasteiger partial charge in [-0.3, -0.25) is 0 Å². The number of fused-ring (bicyclic) bond motifs is 12. The Kier molecular flexibility index (Phi) is 4.05. The summed E-state index contributed by atoms with van der Waals surface area (Å²) in [7, 11) is 0. The molecule has 0 amide bonds. The largest absolute Gasteiger partial charge is 0.309 e. The van der Waals surface area contributed by atoms with Gasteiger partial charge in [0.25, 0.3) is 0 Å². The number of para-hydroxylation sites is 4. The Balaban J connectivity index is 1.24. The first-order chi connectivity index (χ1) is 31.4. The molecule has 4 heteroatoms. The molecule has 4 heterocycles. The molecule has 0 saturated heterocycles. The molecule has 0 spiro atoms. The van der Waals surface area contributed by atoms with E-state index in [1.54, 1.807) is 9.13 Å². The van der Waals surface area contributed by atoms with E-state index in [1.165, 1.54) is 0 Å². The fourth-order valence-electron chi connectivity index (χ4n) is 9.99. The Hall–Kier alpha value is -7.35. The molecule has 11 aromatic rings. The highest BCUT2D eigenvalue weighted by molar-refractivity contribution is 7.01. The highest BCUT2D eigenvalue weighted by Gasteiger charge is 2.41. The summed E-state index contributed by atoms with van der Waals surface area (Å²) in [5.41, 5.74) is 9.73. The first-order valence-corrected chi connectivity index (χ1v) is 18.1. The maximum atomic E-state index is 10.9. The molecule has 0 N–H and O–H groups in total. The van der Waals surface area contributed by atoms with Crippen LogP contribution in [-0.4, -0.2) is 15.8 Å². The van der Waals surface area contributed by atoms with Gasteiger partial charge in [0.1, 0.15) is 0 Å². The molecular formula is C51H28BN3. The van der Waals surface area contributed by atoms with Crippen molar-refractivity contribution in [2.24, 2.45) is 0 Å². The summed E-state index contributed by atoms with van der Waals surface area (Å²) < 4.78 is 91.3. The molecule has 2 aromatic heterocycles. The predicted molar refractivity (Wildman–Crippen MR) is 230 cm³/mol. The van der Waals surface area contributed by atoms with E-state index < -0.39 is 36.3 Å². The summed E-state index contributed by atoms with van der Waals surface area (Å²) >= 11 is 0. The van der Waals surface area contributed by atoms with Crippen LogP contribution in [-0.2, 0) is 0 Å². The lowest BCUT2D eigenvalue weighted by Gasteiger charge is -2.35. The van der Waals surface area contributed by atoms with Crippen molar-refractivity contribution in [3.63, 3.8) is 0 Å². The highest BCUT2D eigenvalue weighted by atomic mass is 15.0. The van der Waals surface area contributed by atoms with Crippen molar-refractivity contribution >= 4 is 88.3 Å². The van der Waals surface area contributed by atoms with Gasteiger partial charge in [0.2, 0.25) is 6.71 Å². The number of hydrogen-bond acceptors (Lipinski definition) is 1. The summed E-state index contributed by atoms with van der Waals surface area (Å²) in [4.78, 5) is 0. The van der Waals surface area contributed by atoms with E-state index in [0.29, 0.717) is 27.6 Å². The molecule has 2 aliphatic heterocycles. The molecular weight excluding hydrogens is 665 g/mol. The van der Waals surface area contributed by atoms with Gasteiger partial charge in [0.15, 0.2) is 0 Å². The van der Waals surface area contributed by atoms with Crippen molar-refractivity contribution in [3.05, 3.63) is 175 Å². The van der Waals surface area contributed by atoms with E-state index in [9.17, 15) is 5.26 Å². The number of nitriles is 1. The monoisotopic (exact) mass is 703 g/mol. The van der Waals surface area contributed by atoms with E-state index >= 15 is 0 Å². The molecule has 0 saturated carbocycles. The van der Waals surface area contributed by atoms with Gasteiger partial charge in [-0.05, 0) is 104 Å². The Bertz CT molecular complexity index is 3850. The molecule has 9 aromatic carbocycles. The molecule has 13 rings (SSSR count). The summed E-state index contributed by atoms with van der Waals surface area (Å²) in [5.74, 6) is 0. The molecule has 0 unspecified atom stereocenters. The van der Waals surface area contributed by atoms with Gasteiger partial charge < -0.3 is 9.13 Å². The molecule has 0 fully saturated rings. The van der Waals surface area contributed by atoms with Gasteiger partial charge in [-0.25, -0.2) is 0 Å². The molecule has 2 aliphatic rings. The Morgan fingerprint density at radius 1 is 0.491 bits per heavy atom. The molecule has 3 nitrogen and oxygen atoms in total. The number of aromatic nitrogens is 2. The number of rotatable bonds is 2. The van der Waals surface area contributed by atoms with Crippen LogP contribution < -0.4 is 16.4 Å². The van der Waals surface area contributed by atoms with Gasteiger partial charge >= 0.3 is 0 Å². The number of hydrogen-bond donors (Lipinski definition) is 0. The fraction of sp³-hybridized carbons (Fsp3) is 0. The van der Waals surface area contributed by atoms with Crippen LogP contribution >= 0.6 is 0 Å². The second-order valence-corrected chi connectivity index (χ2v) is 14.4. The van der Waals surface area contributed by atoms with E-state index in [-0.39, 0.29) is 42.3 Å². The third kappa shape index (κ3) is 3.60. The van der Waals surface area contributed by atoms with Gasteiger partial charge in [0.05, 0.1) is 47.4 Å². The summed E-state index contributed by atoms with van der Waals surface area (Å²) in [6.45, 7) is -0.265. The molecule has 0 atom stereocenters. The van der Waals surface area contributed by atoms with Crippen LogP contribution in [0.5, 0.6) is 0 Å². The van der Waals surface area contributed by atoms with Crippen LogP contribution in [0.1, 0.15) is 19.3 Å². The summed E-state index contributed by atoms with van der Waals surface area (Å²) in [6, 6.07) is 34.4. The summed E-state index contributed by atoms with van der Waals surface area (Å²) in [5, 5.41) is 18.0. The minimum absolute atomic E-state index is 0.0462. The van der Waals surface area contributed by atoms with Crippen LogP contribution in [0.3, 0.4) is 0 Å². The van der Waals surface area contributed by atoms with Gasteiger partial charge in [-0.2, -0.15) is 5.26 Å². The van der Waals surface area contributed by atoms with Crippen molar-refractivity contribution in [1.82, 2.24) is 9.13 Å². The van der Waals surface area contributed by atoms with Crippen LogP contribution in [0.25, 0.3) is 98.8 Å². The van der Waals surface area contributed by atoms with Crippen molar-refractivity contribution in [1.29, 1.82) is 5.26 Å². The normalized spacial score (nSPS) is 15.2. The third-order valence-corrected chi connectivity index (χ3v) is 11.8. The first kappa shape index (κ1) is 21.4. The Labute approximate surface area is 330 Å². The van der Waals surface area contributed by atoms with Crippen molar-refractivity contribution in [2.75, 3.05) is 0 Å². The maximum absolute atomic E-state index is 10.9. The minimum atomic E-state index is -0.471. The van der Waals surface area contributed by atoms with Gasteiger partial charge in [-0.1, -0.05) is 125 Å². The Morgan fingerprint density at radius 3 is 1.44 bits per heavy atom. The molecule has 55 heavy (non-hydrogen) atoms. The number of benzene rings is 9. The second-order valence-electron chi connectivity index (χ2n) is 14.4. The third-order valence-electron chi connectivity index (χ3n) is 11.8.